The molecule has 0 spiro atoms. The second-order valence-electron chi connectivity index (χ2n) is 5.10. The highest BCUT2D eigenvalue weighted by Gasteiger charge is 2.14. The summed E-state index contributed by atoms with van der Waals surface area (Å²) in [5, 5.41) is 11.5. The topological polar surface area (TPSA) is 46.0 Å². The van der Waals surface area contributed by atoms with Gasteiger partial charge in [-0.15, -0.1) is 5.10 Å². The predicted molar refractivity (Wildman–Crippen MR) is 74.2 cm³/mol. The third-order valence-corrected chi connectivity index (χ3v) is 3.60. The first-order valence-corrected chi connectivity index (χ1v) is 6.83. The molecule has 0 amide bonds. The van der Waals surface area contributed by atoms with Gasteiger partial charge < -0.3 is 5.32 Å². The Hall–Kier alpha value is -1.79. The van der Waals surface area contributed by atoms with Crippen molar-refractivity contribution in [2.24, 2.45) is 0 Å². The van der Waals surface area contributed by atoms with Crippen LogP contribution in [0.5, 0.6) is 0 Å². The standard InChI is InChI=1S/C14H18FN5/c1-11-8-12(2-3-14(11)15)20-13(9-17-18-20)10-19-6-4-16-5-7-19/h2-3,8-9,16H,4-7,10H2,1H3. The Kier molecular flexibility index (Phi) is 3.75. The summed E-state index contributed by atoms with van der Waals surface area (Å²) < 4.78 is 15.1. The molecule has 106 valence electrons. The molecule has 1 aromatic carbocycles. The number of benzene rings is 1. The fraction of sp³-hybridized carbons (Fsp3) is 0.429. The lowest BCUT2D eigenvalue weighted by Gasteiger charge is -2.26. The van der Waals surface area contributed by atoms with E-state index < -0.39 is 0 Å². The van der Waals surface area contributed by atoms with Crippen molar-refractivity contribution in [3.8, 4) is 5.69 Å². The maximum Gasteiger partial charge on any atom is 0.126 e. The predicted octanol–water partition coefficient (Wildman–Crippen LogP) is 1.12. The third kappa shape index (κ3) is 2.71. The molecule has 2 aromatic rings. The fourth-order valence-corrected chi connectivity index (χ4v) is 2.44. The molecule has 2 heterocycles. The number of nitrogens with one attached hydrogen (secondary N) is 1. The van der Waals surface area contributed by atoms with Gasteiger partial charge in [0.2, 0.25) is 0 Å². The van der Waals surface area contributed by atoms with Crippen LogP contribution in [0.3, 0.4) is 0 Å². The molecule has 1 aliphatic rings. The average Bonchev–Trinajstić information content (AvgIpc) is 2.91. The minimum absolute atomic E-state index is 0.197. The number of nitrogens with zero attached hydrogens (tertiary/aromatic N) is 4. The molecule has 1 aliphatic heterocycles. The molecule has 0 aliphatic carbocycles. The molecule has 0 saturated carbocycles. The van der Waals surface area contributed by atoms with Crippen molar-refractivity contribution in [1.82, 2.24) is 25.2 Å². The SMILES string of the molecule is Cc1cc(-n2nncc2CN2CCNCC2)ccc1F. The molecule has 0 bridgehead atoms. The molecule has 3 rings (SSSR count). The molecule has 0 radical (unpaired) electrons. The van der Waals surface area contributed by atoms with Gasteiger partial charge in [-0.1, -0.05) is 5.21 Å². The van der Waals surface area contributed by atoms with Crippen LogP contribution in [-0.4, -0.2) is 46.1 Å². The van der Waals surface area contributed by atoms with Crippen LogP contribution in [0.1, 0.15) is 11.3 Å². The van der Waals surface area contributed by atoms with E-state index in [4.69, 9.17) is 0 Å². The smallest absolute Gasteiger partial charge is 0.126 e. The molecule has 1 aromatic heterocycles. The number of hydrogen-bond donors (Lipinski definition) is 1. The molecule has 5 nitrogen and oxygen atoms in total. The lowest BCUT2D eigenvalue weighted by molar-refractivity contribution is 0.229. The highest BCUT2D eigenvalue weighted by atomic mass is 19.1. The van der Waals surface area contributed by atoms with Gasteiger partial charge in [-0.3, -0.25) is 4.90 Å². The van der Waals surface area contributed by atoms with E-state index in [0.717, 1.165) is 44.1 Å². The van der Waals surface area contributed by atoms with Crippen LogP contribution < -0.4 is 5.32 Å². The van der Waals surface area contributed by atoms with Crippen LogP contribution in [0, 0.1) is 12.7 Å². The molecule has 6 heteroatoms. The minimum Gasteiger partial charge on any atom is -0.314 e. The van der Waals surface area contributed by atoms with E-state index in [9.17, 15) is 4.39 Å². The third-order valence-electron chi connectivity index (χ3n) is 3.60. The zero-order valence-corrected chi connectivity index (χ0v) is 11.5. The van der Waals surface area contributed by atoms with E-state index in [1.807, 2.05) is 0 Å². The van der Waals surface area contributed by atoms with Gasteiger partial charge in [0.05, 0.1) is 17.6 Å². The van der Waals surface area contributed by atoms with Gasteiger partial charge in [-0.2, -0.15) is 0 Å². The number of halogens is 1. The normalized spacial score (nSPS) is 16.5. The van der Waals surface area contributed by atoms with Crippen LogP contribution in [0.2, 0.25) is 0 Å². The number of rotatable bonds is 3. The van der Waals surface area contributed by atoms with Crippen LogP contribution >= 0.6 is 0 Å². The highest BCUT2D eigenvalue weighted by molar-refractivity contribution is 5.36. The minimum atomic E-state index is -0.197. The maximum absolute atomic E-state index is 13.4. The highest BCUT2D eigenvalue weighted by Crippen LogP contribution is 2.15. The summed E-state index contributed by atoms with van der Waals surface area (Å²) in [4.78, 5) is 2.36. The molecular formula is C14H18FN5. The van der Waals surface area contributed by atoms with E-state index in [-0.39, 0.29) is 5.82 Å². The largest absolute Gasteiger partial charge is 0.314 e. The van der Waals surface area contributed by atoms with Crippen LogP contribution in [-0.2, 0) is 6.54 Å². The summed E-state index contributed by atoms with van der Waals surface area (Å²) >= 11 is 0. The van der Waals surface area contributed by atoms with Gasteiger partial charge in [-0.25, -0.2) is 9.07 Å². The van der Waals surface area contributed by atoms with Gasteiger partial charge in [0.25, 0.3) is 0 Å². The number of hydrogen-bond acceptors (Lipinski definition) is 4. The van der Waals surface area contributed by atoms with Crippen molar-refractivity contribution >= 4 is 0 Å². The Morgan fingerprint density at radius 3 is 2.85 bits per heavy atom. The summed E-state index contributed by atoms with van der Waals surface area (Å²) in [6.45, 7) is 6.63. The van der Waals surface area contributed by atoms with E-state index in [1.54, 1.807) is 29.9 Å². The van der Waals surface area contributed by atoms with Crippen LogP contribution in [0.15, 0.2) is 24.4 Å². The van der Waals surface area contributed by atoms with Crippen LogP contribution in [0.4, 0.5) is 4.39 Å². The van der Waals surface area contributed by atoms with Crippen molar-refractivity contribution in [3.05, 3.63) is 41.5 Å². The van der Waals surface area contributed by atoms with Crippen molar-refractivity contribution < 1.29 is 4.39 Å². The first-order valence-electron chi connectivity index (χ1n) is 6.83. The summed E-state index contributed by atoms with van der Waals surface area (Å²) in [7, 11) is 0. The van der Waals surface area contributed by atoms with E-state index in [0.29, 0.717) is 5.56 Å². The average molecular weight is 275 g/mol. The second-order valence-corrected chi connectivity index (χ2v) is 5.10. The Labute approximate surface area is 117 Å². The lowest BCUT2D eigenvalue weighted by atomic mass is 10.2. The fourth-order valence-electron chi connectivity index (χ4n) is 2.44. The van der Waals surface area contributed by atoms with Gasteiger partial charge in [0.1, 0.15) is 5.82 Å². The number of aromatic nitrogens is 3. The van der Waals surface area contributed by atoms with Gasteiger partial charge >= 0.3 is 0 Å². The zero-order chi connectivity index (χ0) is 13.9. The molecule has 0 atom stereocenters. The molecule has 1 fully saturated rings. The Balaban J connectivity index is 1.83. The molecule has 1 saturated heterocycles. The van der Waals surface area contributed by atoms with Crippen molar-refractivity contribution in [3.63, 3.8) is 0 Å². The maximum atomic E-state index is 13.4. The molecule has 1 N–H and O–H groups in total. The van der Waals surface area contributed by atoms with E-state index in [2.05, 4.69) is 20.5 Å². The van der Waals surface area contributed by atoms with Gasteiger partial charge in [0.15, 0.2) is 0 Å². The molecule has 20 heavy (non-hydrogen) atoms. The second kappa shape index (κ2) is 5.68. The van der Waals surface area contributed by atoms with E-state index in [1.165, 1.54) is 6.07 Å². The summed E-state index contributed by atoms with van der Waals surface area (Å²) in [6.07, 6.45) is 1.78. The quantitative estimate of drug-likeness (QED) is 0.912. The Bertz CT molecular complexity index is 589. The summed E-state index contributed by atoms with van der Waals surface area (Å²) in [6, 6.07) is 5.00. The van der Waals surface area contributed by atoms with E-state index >= 15 is 0 Å². The van der Waals surface area contributed by atoms with Crippen molar-refractivity contribution in [1.29, 1.82) is 0 Å². The Morgan fingerprint density at radius 2 is 2.10 bits per heavy atom. The Morgan fingerprint density at radius 1 is 1.30 bits per heavy atom. The number of aryl methyl sites for hydroxylation is 1. The molecular weight excluding hydrogens is 257 g/mol. The van der Waals surface area contributed by atoms with Crippen molar-refractivity contribution in [2.45, 2.75) is 13.5 Å². The van der Waals surface area contributed by atoms with Crippen molar-refractivity contribution in [2.75, 3.05) is 26.2 Å². The van der Waals surface area contributed by atoms with Gasteiger partial charge in [-0.05, 0) is 30.7 Å². The van der Waals surface area contributed by atoms with Crippen LogP contribution in [0.25, 0.3) is 5.69 Å². The first-order chi connectivity index (χ1) is 9.74. The zero-order valence-electron chi connectivity index (χ0n) is 11.5. The first kappa shape index (κ1) is 13.2. The monoisotopic (exact) mass is 275 g/mol. The summed E-state index contributed by atoms with van der Waals surface area (Å²) in [5.41, 5.74) is 2.50. The molecule has 0 unspecified atom stereocenters. The summed E-state index contributed by atoms with van der Waals surface area (Å²) in [5.74, 6) is -0.197. The number of piperazine rings is 1. The lowest BCUT2D eigenvalue weighted by Crippen LogP contribution is -2.43. The van der Waals surface area contributed by atoms with Gasteiger partial charge in [0, 0.05) is 32.7 Å².